The van der Waals surface area contributed by atoms with Crippen molar-refractivity contribution in [1.29, 1.82) is 0 Å². The second-order valence-electron chi connectivity index (χ2n) is 9.24. The molecule has 0 spiro atoms. The molecule has 2 fully saturated rings. The highest BCUT2D eigenvalue weighted by atomic mass is 19.1. The topological polar surface area (TPSA) is 40.7 Å². The Bertz CT molecular complexity index is 1100. The standard InChI is InChI=1S/C26H30FN3O2/c27-21-3-1-4-22-25(21)20(17-28-22)18-7-9-19(10-8-18)29-11-13-30(14-12-29)23-5-2-6-24-26(23)32-16-15-31-24/h1-6,17-19,28H,7-16H2. The fourth-order valence-electron chi connectivity index (χ4n) is 5.87. The number of nitrogens with zero attached hydrogens (tertiary/aromatic N) is 2. The summed E-state index contributed by atoms with van der Waals surface area (Å²) < 4.78 is 26.1. The third kappa shape index (κ3) is 3.51. The van der Waals surface area contributed by atoms with Gasteiger partial charge in [0.2, 0.25) is 0 Å². The lowest BCUT2D eigenvalue weighted by Crippen LogP contribution is -2.51. The van der Waals surface area contributed by atoms with Crippen molar-refractivity contribution in [3.8, 4) is 11.5 Å². The van der Waals surface area contributed by atoms with Crippen LogP contribution >= 0.6 is 0 Å². The van der Waals surface area contributed by atoms with Gasteiger partial charge >= 0.3 is 0 Å². The number of fused-ring (bicyclic) bond motifs is 2. The number of anilines is 1. The van der Waals surface area contributed by atoms with Crippen LogP contribution in [0.4, 0.5) is 10.1 Å². The van der Waals surface area contributed by atoms with Crippen molar-refractivity contribution in [1.82, 2.24) is 9.88 Å². The molecule has 1 aromatic heterocycles. The SMILES string of the molecule is Fc1cccc2[nH]cc(C3CCC(N4CCN(c5cccc6c5OCCO6)CC4)CC3)c12. The molecule has 2 aromatic carbocycles. The van der Waals surface area contributed by atoms with Crippen LogP contribution in [0, 0.1) is 5.82 Å². The number of aromatic amines is 1. The van der Waals surface area contributed by atoms with Crippen LogP contribution in [0.5, 0.6) is 11.5 Å². The molecular weight excluding hydrogens is 405 g/mol. The Labute approximate surface area is 188 Å². The molecule has 1 aliphatic carbocycles. The van der Waals surface area contributed by atoms with Gasteiger partial charge in [-0.25, -0.2) is 4.39 Å². The highest BCUT2D eigenvalue weighted by Gasteiger charge is 2.31. The van der Waals surface area contributed by atoms with Crippen LogP contribution in [-0.2, 0) is 0 Å². The van der Waals surface area contributed by atoms with E-state index in [1.54, 1.807) is 12.1 Å². The first-order valence-electron chi connectivity index (χ1n) is 11.9. The summed E-state index contributed by atoms with van der Waals surface area (Å²) in [5.41, 5.74) is 3.24. The largest absolute Gasteiger partial charge is 0.486 e. The van der Waals surface area contributed by atoms with Gasteiger partial charge in [-0.05, 0) is 61.4 Å². The summed E-state index contributed by atoms with van der Waals surface area (Å²) in [5, 5.41) is 0.793. The van der Waals surface area contributed by atoms with E-state index < -0.39 is 0 Å². The van der Waals surface area contributed by atoms with Gasteiger partial charge in [0.25, 0.3) is 0 Å². The van der Waals surface area contributed by atoms with Crippen molar-refractivity contribution in [3.63, 3.8) is 0 Å². The Morgan fingerprint density at radius 3 is 2.50 bits per heavy atom. The lowest BCUT2D eigenvalue weighted by atomic mass is 9.81. The molecular formula is C26H30FN3O2. The van der Waals surface area contributed by atoms with E-state index >= 15 is 0 Å². The van der Waals surface area contributed by atoms with Crippen LogP contribution in [0.1, 0.15) is 37.2 Å². The Hall–Kier alpha value is -2.73. The molecule has 1 saturated heterocycles. The van der Waals surface area contributed by atoms with Crippen LogP contribution in [-0.4, -0.2) is 55.3 Å². The smallest absolute Gasteiger partial charge is 0.184 e. The minimum absolute atomic E-state index is 0.102. The maximum Gasteiger partial charge on any atom is 0.184 e. The van der Waals surface area contributed by atoms with E-state index in [-0.39, 0.29) is 5.82 Å². The summed E-state index contributed by atoms with van der Waals surface area (Å²) in [6, 6.07) is 12.1. The highest BCUT2D eigenvalue weighted by molar-refractivity contribution is 5.84. The van der Waals surface area contributed by atoms with E-state index in [9.17, 15) is 4.39 Å². The lowest BCUT2D eigenvalue weighted by molar-refractivity contribution is 0.140. The number of rotatable bonds is 3. The zero-order valence-corrected chi connectivity index (χ0v) is 18.4. The van der Waals surface area contributed by atoms with E-state index in [0.717, 1.165) is 72.7 Å². The molecule has 2 aliphatic heterocycles. The van der Waals surface area contributed by atoms with Crippen LogP contribution in [0.3, 0.4) is 0 Å². The third-order valence-corrected chi connectivity index (χ3v) is 7.54. The number of para-hydroxylation sites is 1. The predicted octanol–water partition coefficient (Wildman–Crippen LogP) is 4.93. The molecule has 32 heavy (non-hydrogen) atoms. The van der Waals surface area contributed by atoms with Crippen molar-refractivity contribution in [2.75, 3.05) is 44.3 Å². The van der Waals surface area contributed by atoms with Crippen molar-refractivity contribution in [2.24, 2.45) is 0 Å². The van der Waals surface area contributed by atoms with Crippen LogP contribution in [0.25, 0.3) is 10.9 Å². The Kier molecular flexibility index (Phi) is 5.18. The molecule has 0 bridgehead atoms. The van der Waals surface area contributed by atoms with Crippen molar-refractivity contribution in [2.45, 2.75) is 37.6 Å². The molecule has 168 valence electrons. The van der Waals surface area contributed by atoms with Crippen LogP contribution < -0.4 is 14.4 Å². The molecule has 3 heterocycles. The first-order valence-corrected chi connectivity index (χ1v) is 11.9. The van der Waals surface area contributed by atoms with Gasteiger partial charge in [0.1, 0.15) is 19.0 Å². The van der Waals surface area contributed by atoms with Crippen LogP contribution in [0.2, 0.25) is 0 Å². The summed E-state index contributed by atoms with van der Waals surface area (Å²) in [6.45, 7) is 5.40. The normalized spacial score (nSPS) is 24.1. The van der Waals surface area contributed by atoms with Gasteiger partial charge in [-0.15, -0.1) is 0 Å². The number of hydrogen-bond donors (Lipinski definition) is 1. The number of nitrogens with one attached hydrogen (secondary N) is 1. The molecule has 6 rings (SSSR count). The summed E-state index contributed by atoms with van der Waals surface area (Å²) in [6.07, 6.45) is 6.66. The lowest BCUT2D eigenvalue weighted by Gasteiger charge is -2.43. The van der Waals surface area contributed by atoms with Crippen molar-refractivity contribution in [3.05, 3.63) is 54.0 Å². The molecule has 0 amide bonds. The molecule has 6 heteroatoms. The van der Waals surface area contributed by atoms with Gasteiger partial charge < -0.3 is 19.4 Å². The Balaban J connectivity index is 1.08. The molecule has 0 radical (unpaired) electrons. The van der Waals surface area contributed by atoms with Gasteiger partial charge in [-0.3, -0.25) is 4.90 Å². The molecule has 3 aliphatic rings. The fraction of sp³-hybridized carbons (Fsp3) is 0.462. The Morgan fingerprint density at radius 1 is 0.875 bits per heavy atom. The number of aromatic nitrogens is 1. The van der Waals surface area contributed by atoms with E-state index in [1.165, 1.54) is 12.8 Å². The first-order chi connectivity index (χ1) is 15.8. The van der Waals surface area contributed by atoms with Gasteiger partial charge in [-0.2, -0.15) is 0 Å². The summed E-state index contributed by atoms with van der Waals surface area (Å²) in [5.74, 6) is 2.11. The zero-order valence-electron chi connectivity index (χ0n) is 18.4. The average molecular weight is 436 g/mol. The molecule has 1 N–H and O–H groups in total. The molecule has 1 saturated carbocycles. The van der Waals surface area contributed by atoms with E-state index in [4.69, 9.17) is 9.47 Å². The van der Waals surface area contributed by atoms with Gasteiger partial charge in [-0.1, -0.05) is 12.1 Å². The number of halogens is 1. The minimum atomic E-state index is -0.102. The molecule has 5 nitrogen and oxygen atoms in total. The second kappa shape index (κ2) is 8.32. The van der Waals surface area contributed by atoms with Crippen molar-refractivity contribution < 1.29 is 13.9 Å². The number of hydrogen-bond acceptors (Lipinski definition) is 4. The highest BCUT2D eigenvalue weighted by Crippen LogP contribution is 2.41. The predicted molar refractivity (Wildman–Crippen MR) is 124 cm³/mol. The molecule has 3 aromatic rings. The fourth-order valence-corrected chi connectivity index (χ4v) is 5.87. The van der Waals surface area contributed by atoms with E-state index in [2.05, 4.69) is 26.9 Å². The third-order valence-electron chi connectivity index (χ3n) is 7.54. The van der Waals surface area contributed by atoms with E-state index in [1.807, 2.05) is 18.3 Å². The minimum Gasteiger partial charge on any atom is -0.486 e. The average Bonchev–Trinajstić information content (AvgIpc) is 3.30. The summed E-state index contributed by atoms with van der Waals surface area (Å²) in [4.78, 5) is 8.36. The maximum atomic E-state index is 14.4. The summed E-state index contributed by atoms with van der Waals surface area (Å²) >= 11 is 0. The van der Waals surface area contributed by atoms with Gasteiger partial charge in [0, 0.05) is 49.3 Å². The van der Waals surface area contributed by atoms with E-state index in [0.29, 0.717) is 25.2 Å². The molecule has 0 unspecified atom stereocenters. The van der Waals surface area contributed by atoms with Crippen LogP contribution in [0.15, 0.2) is 42.6 Å². The van der Waals surface area contributed by atoms with Crippen molar-refractivity contribution >= 4 is 16.6 Å². The number of benzene rings is 2. The number of piperazine rings is 1. The zero-order chi connectivity index (χ0) is 21.5. The first kappa shape index (κ1) is 19.9. The number of ether oxygens (including phenoxy) is 2. The quantitative estimate of drug-likeness (QED) is 0.634. The monoisotopic (exact) mass is 435 g/mol. The summed E-state index contributed by atoms with van der Waals surface area (Å²) in [7, 11) is 0. The van der Waals surface area contributed by atoms with Gasteiger partial charge in [0.05, 0.1) is 5.69 Å². The number of H-pyrrole nitrogens is 1. The van der Waals surface area contributed by atoms with Gasteiger partial charge in [0.15, 0.2) is 11.5 Å². The Morgan fingerprint density at radius 2 is 1.66 bits per heavy atom. The maximum absolute atomic E-state index is 14.4. The molecule has 0 atom stereocenters. The second-order valence-corrected chi connectivity index (χ2v) is 9.24.